The van der Waals surface area contributed by atoms with Crippen LogP contribution in [0.4, 0.5) is 15.7 Å². The van der Waals surface area contributed by atoms with Crippen LogP contribution >= 0.6 is 11.3 Å². The number of nitrogens with one attached hydrogen (secondary N) is 1. The van der Waals surface area contributed by atoms with Gasteiger partial charge in [-0.05, 0) is 18.9 Å². The molecule has 1 fully saturated rings. The van der Waals surface area contributed by atoms with Crippen molar-refractivity contribution in [1.82, 2.24) is 0 Å². The van der Waals surface area contributed by atoms with Crippen molar-refractivity contribution in [3.05, 3.63) is 6.07 Å². The van der Waals surface area contributed by atoms with Crippen molar-refractivity contribution in [2.75, 3.05) is 23.0 Å². The molecule has 74 valence electrons. The second kappa shape index (κ2) is 2.23. The Kier molecular flexibility index (Phi) is 1.29. The third-order valence-electron chi connectivity index (χ3n) is 3.07. The highest BCUT2D eigenvalue weighted by Crippen LogP contribution is 2.52. The van der Waals surface area contributed by atoms with Gasteiger partial charge in [-0.2, -0.15) is 0 Å². The number of nitrogens with zero attached hydrogens (tertiary/aromatic N) is 1. The average molecular weight is 209 g/mol. The normalized spacial score (nSPS) is 22.1. The highest BCUT2D eigenvalue weighted by atomic mass is 32.1. The van der Waals surface area contributed by atoms with Gasteiger partial charge in [0.2, 0.25) is 5.91 Å². The van der Waals surface area contributed by atoms with Crippen LogP contribution in [0.15, 0.2) is 6.07 Å². The van der Waals surface area contributed by atoms with Gasteiger partial charge in [0.25, 0.3) is 0 Å². The van der Waals surface area contributed by atoms with Gasteiger partial charge in [-0.1, -0.05) is 11.3 Å². The van der Waals surface area contributed by atoms with Gasteiger partial charge >= 0.3 is 0 Å². The van der Waals surface area contributed by atoms with Crippen molar-refractivity contribution in [1.29, 1.82) is 0 Å². The Morgan fingerprint density at radius 2 is 2.36 bits per heavy atom. The van der Waals surface area contributed by atoms with Gasteiger partial charge < -0.3 is 16.0 Å². The number of carbonyl (C=O) groups excluding carboxylic acids is 1. The van der Waals surface area contributed by atoms with Crippen molar-refractivity contribution in [2.45, 2.75) is 18.4 Å². The molecule has 4 nitrogen and oxygen atoms in total. The third kappa shape index (κ3) is 0.803. The van der Waals surface area contributed by atoms with Gasteiger partial charge in [-0.3, -0.25) is 4.79 Å². The first kappa shape index (κ1) is 8.11. The van der Waals surface area contributed by atoms with Crippen molar-refractivity contribution in [2.24, 2.45) is 0 Å². The molecule has 3 N–H and O–H groups in total. The number of rotatable bonds is 0. The van der Waals surface area contributed by atoms with Crippen molar-refractivity contribution >= 4 is 32.9 Å². The Labute approximate surface area is 85.7 Å². The number of hydrogen-bond acceptors (Lipinski definition) is 4. The molecule has 0 atom stereocenters. The molecule has 3 rings (SSSR count). The molecular weight excluding hydrogens is 198 g/mol. The SMILES string of the molecule is CN1c2sc(N)cc2NC(=O)C12CC2. The van der Waals surface area contributed by atoms with Gasteiger partial charge in [-0.15, -0.1) is 0 Å². The van der Waals surface area contributed by atoms with Crippen LogP contribution in [0.1, 0.15) is 12.8 Å². The van der Waals surface area contributed by atoms with Gasteiger partial charge in [0, 0.05) is 7.05 Å². The number of nitrogens with two attached hydrogens (primary N) is 1. The lowest BCUT2D eigenvalue weighted by Gasteiger charge is -2.33. The minimum Gasteiger partial charge on any atom is -0.390 e. The van der Waals surface area contributed by atoms with E-state index in [2.05, 4.69) is 10.2 Å². The summed E-state index contributed by atoms with van der Waals surface area (Å²) in [5.41, 5.74) is 6.31. The quantitative estimate of drug-likeness (QED) is 0.676. The summed E-state index contributed by atoms with van der Waals surface area (Å²) in [4.78, 5) is 13.8. The topological polar surface area (TPSA) is 58.4 Å². The summed E-state index contributed by atoms with van der Waals surface area (Å²) in [5.74, 6) is 0.116. The van der Waals surface area contributed by atoms with Gasteiger partial charge in [0.15, 0.2) is 0 Å². The van der Waals surface area contributed by atoms with E-state index in [1.165, 1.54) is 11.3 Å². The molecule has 1 aliphatic heterocycles. The molecule has 1 aromatic heterocycles. The van der Waals surface area contributed by atoms with Crippen LogP contribution in [-0.2, 0) is 4.79 Å². The minimum atomic E-state index is -0.260. The molecule has 1 saturated carbocycles. The number of carbonyl (C=O) groups is 1. The highest BCUT2D eigenvalue weighted by Gasteiger charge is 2.56. The molecule has 1 spiro atoms. The largest absolute Gasteiger partial charge is 0.390 e. The maximum atomic E-state index is 11.8. The number of fused-ring (bicyclic) bond motifs is 1. The van der Waals surface area contributed by atoms with E-state index in [0.29, 0.717) is 0 Å². The summed E-state index contributed by atoms with van der Waals surface area (Å²) < 4.78 is 0. The molecule has 1 aliphatic carbocycles. The standard InChI is InChI=1S/C9H11N3OS/c1-12-7-5(4-6(10)14-7)11-8(13)9(12)2-3-9/h4H,2-3,10H2,1H3,(H,11,13). The van der Waals surface area contributed by atoms with Crippen LogP contribution in [0, 0.1) is 0 Å². The van der Waals surface area contributed by atoms with Crippen LogP contribution in [0.2, 0.25) is 0 Å². The fourth-order valence-corrected chi connectivity index (χ4v) is 2.94. The van der Waals surface area contributed by atoms with Crippen LogP contribution in [-0.4, -0.2) is 18.5 Å². The molecule has 0 bridgehead atoms. The Bertz CT molecular complexity index is 422. The summed E-state index contributed by atoms with van der Waals surface area (Å²) in [5, 5.41) is 4.75. The predicted octanol–water partition coefficient (Wildman–Crippen LogP) is 1.25. The van der Waals surface area contributed by atoms with Gasteiger partial charge in [-0.25, -0.2) is 0 Å². The van der Waals surface area contributed by atoms with E-state index in [1.54, 1.807) is 0 Å². The van der Waals surface area contributed by atoms with Crippen molar-refractivity contribution < 1.29 is 4.79 Å². The molecule has 1 amide bonds. The smallest absolute Gasteiger partial charge is 0.250 e. The Morgan fingerprint density at radius 1 is 1.64 bits per heavy atom. The molecule has 0 aromatic carbocycles. The van der Waals surface area contributed by atoms with Crippen molar-refractivity contribution in [3.8, 4) is 0 Å². The monoisotopic (exact) mass is 209 g/mol. The van der Waals surface area contributed by atoms with Crippen LogP contribution in [0.25, 0.3) is 0 Å². The summed E-state index contributed by atoms with van der Waals surface area (Å²) in [6.45, 7) is 0. The molecular formula is C9H11N3OS. The van der Waals surface area contributed by atoms with E-state index in [1.807, 2.05) is 13.1 Å². The lowest BCUT2D eigenvalue weighted by molar-refractivity contribution is -0.118. The number of hydrogen-bond donors (Lipinski definition) is 2. The third-order valence-corrected chi connectivity index (χ3v) is 4.11. The molecule has 0 unspecified atom stereocenters. The maximum Gasteiger partial charge on any atom is 0.250 e. The molecule has 2 aliphatic rings. The molecule has 1 aromatic rings. The van der Waals surface area contributed by atoms with E-state index in [-0.39, 0.29) is 11.4 Å². The average Bonchev–Trinajstić information content (AvgIpc) is 2.84. The van der Waals surface area contributed by atoms with Gasteiger partial charge in [0.05, 0.1) is 10.7 Å². The first-order valence-corrected chi connectivity index (χ1v) is 5.40. The number of amides is 1. The van der Waals surface area contributed by atoms with Crippen LogP contribution in [0.3, 0.4) is 0 Å². The second-order valence-electron chi connectivity index (χ2n) is 3.91. The summed E-state index contributed by atoms with van der Waals surface area (Å²) in [7, 11) is 1.97. The number of thiophene rings is 1. The molecule has 2 heterocycles. The first-order chi connectivity index (χ1) is 6.63. The lowest BCUT2D eigenvalue weighted by atomic mass is 10.1. The number of nitrogen functional groups attached to an aromatic ring is 1. The van der Waals surface area contributed by atoms with Gasteiger partial charge in [0.1, 0.15) is 10.5 Å². The van der Waals surface area contributed by atoms with E-state index in [0.717, 1.165) is 28.5 Å². The molecule has 0 saturated heterocycles. The number of anilines is 3. The van der Waals surface area contributed by atoms with E-state index in [4.69, 9.17) is 5.73 Å². The van der Waals surface area contributed by atoms with Crippen molar-refractivity contribution in [3.63, 3.8) is 0 Å². The summed E-state index contributed by atoms with van der Waals surface area (Å²) >= 11 is 1.53. The Hall–Kier alpha value is -1.23. The zero-order valence-electron chi connectivity index (χ0n) is 7.83. The summed E-state index contributed by atoms with van der Waals surface area (Å²) in [6, 6.07) is 1.82. The van der Waals surface area contributed by atoms with E-state index in [9.17, 15) is 4.79 Å². The maximum absolute atomic E-state index is 11.8. The first-order valence-electron chi connectivity index (χ1n) is 4.58. The Balaban J connectivity index is 2.13. The molecule has 5 heteroatoms. The number of likely N-dealkylation sites (N-methyl/N-ethyl adjacent to an activating group) is 1. The zero-order chi connectivity index (χ0) is 9.92. The van der Waals surface area contributed by atoms with E-state index < -0.39 is 0 Å². The predicted molar refractivity (Wildman–Crippen MR) is 57.7 cm³/mol. The fourth-order valence-electron chi connectivity index (χ4n) is 2.00. The molecule has 14 heavy (non-hydrogen) atoms. The van der Waals surface area contributed by atoms with Crippen LogP contribution in [0.5, 0.6) is 0 Å². The van der Waals surface area contributed by atoms with E-state index >= 15 is 0 Å². The summed E-state index contributed by atoms with van der Waals surface area (Å²) in [6.07, 6.45) is 1.90. The van der Waals surface area contributed by atoms with Crippen LogP contribution < -0.4 is 16.0 Å². The lowest BCUT2D eigenvalue weighted by Crippen LogP contribution is -2.47. The highest BCUT2D eigenvalue weighted by molar-refractivity contribution is 7.20. The fraction of sp³-hybridized carbons (Fsp3) is 0.444. The minimum absolute atomic E-state index is 0.116. The molecule has 0 radical (unpaired) electrons. The second-order valence-corrected chi connectivity index (χ2v) is 4.97. The Morgan fingerprint density at radius 3 is 3.00 bits per heavy atom. The zero-order valence-corrected chi connectivity index (χ0v) is 8.65.